The SMILES string of the molecule is CC(=O)NC1=NN(C(C)=O)[C@@H](c2ccccc2OCCCOc2ccc(C)c(C)c2)S1. The molecule has 3 rings (SSSR count). The topological polar surface area (TPSA) is 80.2 Å². The first-order valence-electron chi connectivity index (χ1n) is 10.1. The average molecular weight is 442 g/mol. The van der Waals surface area contributed by atoms with E-state index in [2.05, 4.69) is 30.3 Å². The Bertz CT molecular complexity index is 993. The van der Waals surface area contributed by atoms with Crippen LogP contribution in [0.25, 0.3) is 0 Å². The Morgan fingerprint density at radius 2 is 1.81 bits per heavy atom. The smallest absolute Gasteiger partial charge is 0.241 e. The van der Waals surface area contributed by atoms with E-state index in [1.54, 1.807) is 0 Å². The van der Waals surface area contributed by atoms with Crippen molar-refractivity contribution < 1.29 is 19.1 Å². The van der Waals surface area contributed by atoms with Gasteiger partial charge in [-0.25, -0.2) is 5.01 Å². The van der Waals surface area contributed by atoms with Crippen LogP contribution in [-0.2, 0) is 9.59 Å². The Kier molecular flexibility index (Phi) is 7.57. The molecule has 2 aromatic rings. The van der Waals surface area contributed by atoms with Crippen LogP contribution in [0.3, 0.4) is 0 Å². The third-order valence-corrected chi connectivity index (χ3v) is 5.81. The van der Waals surface area contributed by atoms with E-state index < -0.39 is 5.37 Å². The second-order valence-corrected chi connectivity index (χ2v) is 8.32. The van der Waals surface area contributed by atoms with Crippen molar-refractivity contribution in [1.82, 2.24) is 10.3 Å². The number of hydrazone groups is 1. The Hall–Kier alpha value is -3.00. The van der Waals surface area contributed by atoms with Crippen LogP contribution in [0.15, 0.2) is 47.6 Å². The molecule has 1 heterocycles. The lowest BCUT2D eigenvalue weighted by Crippen LogP contribution is -2.25. The molecule has 8 heteroatoms. The number of hydrogen-bond acceptors (Lipinski definition) is 6. The first-order valence-corrected chi connectivity index (χ1v) is 11.0. The first kappa shape index (κ1) is 22.7. The minimum absolute atomic E-state index is 0.213. The summed E-state index contributed by atoms with van der Waals surface area (Å²) in [6.07, 6.45) is 0.711. The molecule has 0 spiro atoms. The maximum Gasteiger partial charge on any atom is 0.241 e. The summed E-state index contributed by atoms with van der Waals surface area (Å²) in [4.78, 5) is 23.5. The summed E-state index contributed by atoms with van der Waals surface area (Å²) in [5.41, 5.74) is 3.26. The zero-order valence-corrected chi connectivity index (χ0v) is 19.0. The summed E-state index contributed by atoms with van der Waals surface area (Å²) in [5.74, 6) is 1.08. The summed E-state index contributed by atoms with van der Waals surface area (Å²) >= 11 is 1.30. The molecule has 0 saturated heterocycles. The molecule has 0 unspecified atom stereocenters. The molecule has 2 amide bonds. The molecule has 0 aromatic heterocycles. The number of carbonyl (C=O) groups excluding carboxylic acids is 2. The molecular weight excluding hydrogens is 414 g/mol. The van der Waals surface area contributed by atoms with Gasteiger partial charge in [-0.05, 0) is 43.2 Å². The number of hydrogen-bond donors (Lipinski definition) is 1. The minimum atomic E-state index is -0.401. The van der Waals surface area contributed by atoms with Crippen molar-refractivity contribution in [1.29, 1.82) is 0 Å². The molecule has 0 bridgehead atoms. The van der Waals surface area contributed by atoms with E-state index in [-0.39, 0.29) is 11.8 Å². The average Bonchev–Trinajstić information content (AvgIpc) is 3.14. The normalized spacial score (nSPS) is 15.4. The van der Waals surface area contributed by atoms with E-state index in [9.17, 15) is 9.59 Å². The zero-order chi connectivity index (χ0) is 22.4. The van der Waals surface area contributed by atoms with Gasteiger partial charge in [-0.2, -0.15) is 0 Å². The molecule has 1 atom stereocenters. The molecule has 1 N–H and O–H groups in total. The van der Waals surface area contributed by atoms with E-state index in [1.807, 2.05) is 36.4 Å². The maximum atomic E-state index is 12.1. The van der Waals surface area contributed by atoms with Gasteiger partial charge in [0.2, 0.25) is 11.8 Å². The van der Waals surface area contributed by atoms with Crippen LogP contribution in [0.1, 0.15) is 42.3 Å². The van der Waals surface area contributed by atoms with Crippen molar-refractivity contribution in [2.75, 3.05) is 13.2 Å². The fourth-order valence-electron chi connectivity index (χ4n) is 3.02. The summed E-state index contributed by atoms with van der Waals surface area (Å²) in [6, 6.07) is 13.6. The molecule has 31 heavy (non-hydrogen) atoms. The molecular formula is C23H27N3O4S. The minimum Gasteiger partial charge on any atom is -0.493 e. The quantitative estimate of drug-likeness (QED) is 0.653. The molecule has 0 fully saturated rings. The summed E-state index contributed by atoms with van der Waals surface area (Å²) in [6.45, 7) is 8.00. The summed E-state index contributed by atoms with van der Waals surface area (Å²) < 4.78 is 11.8. The van der Waals surface area contributed by atoms with Gasteiger partial charge in [0.15, 0.2) is 5.17 Å². The number of ether oxygens (including phenoxy) is 2. The summed E-state index contributed by atoms with van der Waals surface area (Å²) in [5, 5.41) is 8.24. The molecule has 0 aliphatic carbocycles. The third-order valence-electron chi connectivity index (χ3n) is 4.73. The van der Waals surface area contributed by atoms with Gasteiger partial charge in [-0.3, -0.25) is 9.59 Å². The number of nitrogens with zero attached hydrogens (tertiary/aromatic N) is 2. The predicted octanol–water partition coefficient (Wildman–Crippen LogP) is 4.15. The zero-order valence-electron chi connectivity index (χ0n) is 18.2. The summed E-state index contributed by atoms with van der Waals surface area (Å²) in [7, 11) is 0. The number of thioether (sulfide) groups is 1. The lowest BCUT2D eigenvalue weighted by Gasteiger charge is -2.21. The van der Waals surface area contributed by atoms with Crippen molar-refractivity contribution in [3.8, 4) is 11.5 Å². The Labute approximate surface area is 186 Å². The van der Waals surface area contributed by atoms with Crippen molar-refractivity contribution >= 4 is 28.7 Å². The van der Waals surface area contributed by atoms with E-state index >= 15 is 0 Å². The van der Waals surface area contributed by atoms with Crippen LogP contribution in [0.2, 0.25) is 0 Å². The largest absolute Gasteiger partial charge is 0.493 e. The fraction of sp³-hybridized carbons (Fsp3) is 0.348. The van der Waals surface area contributed by atoms with Crippen molar-refractivity contribution in [2.24, 2.45) is 5.10 Å². The van der Waals surface area contributed by atoms with Gasteiger partial charge in [0.05, 0.1) is 13.2 Å². The number of benzene rings is 2. The maximum absolute atomic E-state index is 12.1. The number of amides is 2. The van der Waals surface area contributed by atoms with Crippen LogP contribution in [0, 0.1) is 13.8 Å². The lowest BCUT2D eigenvalue weighted by atomic mass is 10.1. The fourth-order valence-corrected chi connectivity index (χ4v) is 4.18. The van der Waals surface area contributed by atoms with E-state index in [1.165, 1.54) is 41.7 Å². The van der Waals surface area contributed by atoms with E-state index in [0.717, 1.165) is 11.3 Å². The highest BCUT2D eigenvalue weighted by molar-refractivity contribution is 8.14. The number of para-hydroxylation sites is 1. The van der Waals surface area contributed by atoms with Crippen molar-refractivity contribution in [2.45, 2.75) is 39.5 Å². The molecule has 1 aliphatic rings. The van der Waals surface area contributed by atoms with Gasteiger partial charge in [0.25, 0.3) is 0 Å². The number of rotatable bonds is 7. The van der Waals surface area contributed by atoms with Gasteiger partial charge in [-0.1, -0.05) is 36.0 Å². The first-order chi connectivity index (χ1) is 14.8. The van der Waals surface area contributed by atoms with Gasteiger partial charge in [0, 0.05) is 25.8 Å². The second kappa shape index (κ2) is 10.3. The second-order valence-electron chi connectivity index (χ2n) is 7.25. The van der Waals surface area contributed by atoms with Crippen molar-refractivity contribution in [3.63, 3.8) is 0 Å². The number of carbonyl (C=O) groups is 2. The predicted molar refractivity (Wildman–Crippen MR) is 122 cm³/mol. The lowest BCUT2D eigenvalue weighted by molar-refractivity contribution is -0.129. The monoisotopic (exact) mass is 441 g/mol. The van der Waals surface area contributed by atoms with Gasteiger partial charge in [0.1, 0.15) is 16.9 Å². The Morgan fingerprint density at radius 1 is 1.06 bits per heavy atom. The molecule has 0 radical (unpaired) electrons. The highest BCUT2D eigenvalue weighted by Crippen LogP contribution is 2.42. The van der Waals surface area contributed by atoms with E-state index in [0.29, 0.717) is 30.6 Å². The van der Waals surface area contributed by atoms with Crippen LogP contribution >= 0.6 is 11.8 Å². The molecule has 7 nitrogen and oxygen atoms in total. The van der Waals surface area contributed by atoms with E-state index in [4.69, 9.17) is 9.47 Å². The highest BCUT2D eigenvalue weighted by atomic mass is 32.2. The molecule has 164 valence electrons. The Balaban J connectivity index is 1.59. The van der Waals surface area contributed by atoms with Crippen molar-refractivity contribution in [3.05, 3.63) is 59.2 Å². The number of nitrogens with one attached hydrogen (secondary N) is 1. The van der Waals surface area contributed by atoms with Crippen LogP contribution < -0.4 is 14.8 Å². The van der Waals surface area contributed by atoms with Gasteiger partial charge >= 0.3 is 0 Å². The molecule has 1 aliphatic heterocycles. The van der Waals surface area contributed by atoms with Crippen LogP contribution in [0.5, 0.6) is 11.5 Å². The number of amidine groups is 1. The van der Waals surface area contributed by atoms with Crippen LogP contribution in [-0.4, -0.2) is 35.2 Å². The molecule has 2 aromatic carbocycles. The molecule has 0 saturated carbocycles. The third kappa shape index (κ3) is 6.01. The standard InChI is InChI=1S/C23H27N3O4S/c1-15-10-11-19(14-16(15)2)29-12-7-13-30-21-9-6-5-8-20(21)22-26(18(4)28)25-23(31-22)24-17(3)27/h5-6,8-11,14,22H,7,12-13H2,1-4H3,(H,24,25,27)/t22-/m1/s1. The highest BCUT2D eigenvalue weighted by Gasteiger charge is 2.34. The van der Waals surface area contributed by atoms with Crippen LogP contribution in [0.4, 0.5) is 0 Å². The Morgan fingerprint density at radius 3 is 2.52 bits per heavy atom. The van der Waals surface area contributed by atoms with Gasteiger partial charge in [-0.15, -0.1) is 5.10 Å². The van der Waals surface area contributed by atoms with Gasteiger partial charge < -0.3 is 14.8 Å². The number of aryl methyl sites for hydroxylation is 2.